The van der Waals surface area contributed by atoms with Gasteiger partial charge in [-0.2, -0.15) is 0 Å². The van der Waals surface area contributed by atoms with E-state index >= 15 is 0 Å². The highest BCUT2D eigenvalue weighted by atomic mass is 16.5. The van der Waals surface area contributed by atoms with Crippen LogP contribution in [0.25, 0.3) is 11.3 Å². The monoisotopic (exact) mass is 294 g/mol. The molecule has 3 rings (SSSR count). The number of furan rings is 1. The molecule has 0 fully saturated rings. The fraction of sp³-hybridized carbons (Fsp3) is 0.0556. The van der Waals surface area contributed by atoms with Crippen LogP contribution >= 0.6 is 0 Å². The van der Waals surface area contributed by atoms with Crippen molar-refractivity contribution >= 4 is 6.29 Å². The maximum absolute atomic E-state index is 10.8. The number of carbonyl (C=O) groups excluding carboxylic acids is 1. The van der Waals surface area contributed by atoms with E-state index in [0.29, 0.717) is 23.5 Å². The van der Waals surface area contributed by atoms with Crippen LogP contribution in [-0.2, 0) is 0 Å². The Kier molecular flexibility index (Phi) is 3.92. The van der Waals surface area contributed by atoms with Crippen molar-refractivity contribution in [2.45, 2.75) is 0 Å². The second-order valence-corrected chi connectivity index (χ2v) is 4.59. The van der Waals surface area contributed by atoms with Crippen molar-refractivity contribution in [2.75, 3.05) is 7.11 Å². The molecular weight excluding hydrogens is 280 g/mol. The zero-order valence-electron chi connectivity index (χ0n) is 12.0. The molecule has 4 heteroatoms. The first-order valence-electron chi connectivity index (χ1n) is 6.76. The molecule has 0 bridgehead atoms. The molecule has 0 aliphatic carbocycles. The first kappa shape index (κ1) is 13.9. The molecule has 3 aromatic rings. The Morgan fingerprint density at radius 3 is 2.32 bits per heavy atom. The number of carbonyl (C=O) groups is 1. The van der Waals surface area contributed by atoms with E-state index in [1.54, 1.807) is 19.2 Å². The molecule has 0 amide bonds. The smallest absolute Gasteiger partial charge is 0.185 e. The predicted octanol–water partition coefficient (Wildman–Crippen LogP) is 4.56. The van der Waals surface area contributed by atoms with E-state index in [-0.39, 0.29) is 5.76 Å². The first-order chi connectivity index (χ1) is 10.8. The Balaban J connectivity index is 1.91. The minimum absolute atomic E-state index is 0.286. The number of para-hydroxylation sites is 1. The minimum Gasteiger partial charge on any atom is -0.497 e. The lowest BCUT2D eigenvalue weighted by molar-refractivity contribution is 0.110. The summed E-state index contributed by atoms with van der Waals surface area (Å²) in [5.41, 5.74) is 0.784. The largest absolute Gasteiger partial charge is 0.497 e. The minimum atomic E-state index is 0.286. The van der Waals surface area contributed by atoms with Crippen molar-refractivity contribution in [2.24, 2.45) is 0 Å². The fourth-order valence-corrected chi connectivity index (χ4v) is 2.09. The lowest BCUT2D eigenvalue weighted by Crippen LogP contribution is -1.88. The van der Waals surface area contributed by atoms with Gasteiger partial charge in [-0.05, 0) is 48.5 Å². The van der Waals surface area contributed by atoms with Crippen LogP contribution in [0.5, 0.6) is 17.2 Å². The highest BCUT2D eigenvalue weighted by molar-refractivity contribution is 5.74. The molecule has 110 valence electrons. The second-order valence-electron chi connectivity index (χ2n) is 4.59. The molecule has 0 aliphatic rings. The summed E-state index contributed by atoms with van der Waals surface area (Å²) >= 11 is 0. The first-order valence-corrected chi connectivity index (χ1v) is 6.76. The van der Waals surface area contributed by atoms with Gasteiger partial charge in [0.25, 0.3) is 0 Å². The number of methoxy groups -OCH3 is 1. The quantitative estimate of drug-likeness (QED) is 0.647. The summed E-state index contributed by atoms with van der Waals surface area (Å²) in [4.78, 5) is 10.8. The maximum atomic E-state index is 10.8. The third kappa shape index (κ3) is 2.86. The summed E-state index contributed by atoms with van der Waals surface area (Å²) < 4.78 is 16.5. The van der Waals surface area contributed by atoms with Crippen LogP contribution in [0.3, 0.4) is 0 Å². The van der Waals surface area contributed by atoms with Crippen molar-refractivity contribution in [3.05, 3.63) is 66.4 Å². The zero-order chi connectivity index (χ0) is 15.4. The van der Waals surface area contributed by atoms with Crippen molar-refractivity contribution in [1.82, 2.24) is 0 Å². The van der Waals surface area contributed by atoms with Gasteiger partial charge in [0.15, 0.2) is 12.0 Å². The summed E-state index contributed by atoms with van der Waals surface area (Å²) in [6.45, 7) is 0. The van der Waals surface area contributed by atoms with Crippen molar-refractivity contribution in [3.8, 4) is 28.6 Å². The Hall–Kier alpha value is -3.01. The Morgan fingerprint density at radius 1 is 0.909 bits per heavy atom. The normalized spacial score (nSPS) is 10.2. The van der Waals surface area contributed by atoms with Crippen LogP contribution in [0, 0.1) is 0 Å². The van der Waals surface area contributed by atoms with Gasteiger partial charge >= 0.3 is 0 Å². The molecule has 0 unspecified atom stereocenters. The van der Waals surface area contributed by atoms with Crippen LogP contribution in [0.15, 0.2) is 65.1 Å². The summed E-state index contributed by atoms with van der Waals surface area (Å²) in [6.07, 6.45) is 0.677. The average Bonchev–Trinajstić information content (AvgIpc) is 3.05. The van der Waals surface area contributed by atoms with Gasteiger partial charge < -0.3 is 13.9 Å². The van der Waals surface area contributed by atoms with Gasteiger partial charge in [0.1, 0.15) is 23.0 Å². The van der Waals surface area contributed by atoms with Gasteiger partial charge in [0.2, 0.25) is 0 Å². The van der Waals surface area contributed by atoms with E-state index in [1.165, 1.54) is 0 Å². The summed E-state index contributed by atoms with van der Waals surface area (Å²) in [5, 5.41) is 0. The summed E-state index contributed by atoms with van der Waals surface area (Å²) in [6, 6.07) is 18.2. The molecule has 0 N–H and O–H groups in total. The standard InChI is InChI=1S/C18H14O4/c1-20-13-6-8-14(9-7-13)21-17-5-3-2-4-16(17)18-11-10-15(12-19)22-18/h2-12H,1H3. The molecule has 0 aliphatic heterocycles. The highest BCUT2D eigenvalue weighted by Crippen LogP contribution is 2.34. The Bertz CT molecular complexity index is 772. The number of hydrogen-bond acceptors (Lipinski definition) is 4. The molecule has 4 nitrogen and oxygen atoms in total. The second kappa shape index (κ2) is 6.18. The van der Waals surface area contributed by atoms with E-state index < -0.39 is 0 Å². The fourth-order valence-electron chi connectivity index (χ4n) is 2.09. The topological polar surface area (TPSA) is 48.7 Å². The van der Waals surface area contributed by atoms with Gasteiger partial charge in [-0.3, -0.25) is 4.79 Å². The molecule has 1 heterocycles. The van der Waals surface area contributed by atoms with E-state index in [2.05, 4.69) is 0 Å². The molecule has 1 aromatic heterocycles. The molecule has 2 aromatic carbocycles. The van der Waals surface area contributed by atoms with Gasteiger partial charge in [0, 0.05) is 0 Å². The Labute approximate surface area is 127 Å². The van der Waals surface area contributed by atoms with E-state index in [4.69, 9.17) is 13.9 Å². The highest BCUT2D eigenvalue weighted by Gasteiger charge is 2.11. The molecular formula is C18H14O4. The van der Waals surface area contributed by atoms with Gasteiger partial charge in [-0.1, -0.05) is 12.1 Å². The molecule has 22 heavy (non-hydrogen) atoms. The van der Waals surface area contributed by atoms with Gasteiger partial charge in [0.05, 0.1) is 12.7 Å². The third-order valence-corrected chi connectivity index (χ3v) is 3.18. The van der Waals surface area contributed by atoms with Crippen LogP contribution in [0.2, 0.25) is 0 Å². The zero-order valence-corrected chi connectivity index (χ0v) is 12.0. The molecule has 0 saturated heterocycles. The number of aldehydes is 1. The predicted molar refractivity (Wildman–Crippen MR) is 82.6 cm³/mol. The average molecular weight is 294 g/mol. The number of benzene rings is 2. The third-order valence-electron chi connectivity index (χ3n) is 3.18. The number of ether oxygens (including phenoxy) is 2. The SMILES string of the molecule is COc1ccc(Oc2ccccc2-c2ccc(C=O)o2)cc1. The van der Waals surface area contributed by atoms with Crippen molar-refractivity contribution in [3.63, 3.8) is 0 Å². The van der Waals surface area contributed by atoms with Crippen LogP contribution < -0.4 is 9.47 Å². The molecule has 0 atom stereocenters. The summed E-state index contributed by atoms with van der Waals surface area (Å²) in [7, 11) is 1.62. The van der Waals surface area contributed by atoms with Crippen LogP contribution in [0.1, 0.15) is 10.6 Å². The molecule has 0 saturated carbocycles. The van der Waals surface area contributed by atoms with E-state index in [0.717, 1.165) is 11.3 Å². The summed E-state index contributed by atoms with van der Waals surface area (Å²) in [5.74, 6) is 2.98. The van der Waals surface area contributed by atoms with E-state index in [9.17, 15) is 4.79 Å². The van der Waals surface area contributed by atoms with E-state index in [1.807, 2.05) is 48.5 Å². The maximum Gasteiger partial charge on any atom is 0.185 e. The lowest BCUT2D eigenvalue weighted by atomic mass is 10.1. The van der Waals surface area contributed by atoms with Crippen molar-refractivity contribution < 1.29 is 18.7 Å². The van der Waals surface area contributed by atoms with Crippen molar-refractivity contribution in [1.29, 1.82) is 0 Å². The Morgan fingerprint density at radius 2 is 1.64 bits per heavy atom. The van der Waals surface area contributed by atoms with Crippen LogP contribution in [-0.4, -0.2) is 13.4 Å². The molecule has 0 radical (unpaired) electrons. The number of rotatable bonds is 5. The lowest BCUT2D eigenvalue weighted by Gasteiger charge is -2.10. The van der Waals surface area contributed by atoms with Crippen LogP contribution in [0.4, 0.5) is 0 Å². The van der Waals surface area contributed by atoms with Gasteiger partial charge in [-0.25, -0.2) is 0 Å². The number of hydrogen-bond donors (Lipinski definition) is 0. The molecule has 0 spiro atoms. The van der Waals surface area contributed by atoms with Gasteiger partial charge in [-0.15, -0.1) is 0 Å².